The fraction of sp³-hybridized carbons (Fsp3) is 0.538. The first-order valence-corrected chi connectivity index (χ1v) is 6.40. The van der Waals surface area contributed by atoms with Crippen molar-refractivity contribution in [2.45, 2.75) is 19.3 Å². The van der Waals surface area contributed by atoms with Gasteiger partial charge in [0.05, 0.1) is 0 Å². The minimum atomic E-state index is -0.308. The van der Waals surface area contributed by atoms with Crippen LogP contribution in [0.5, 0.6) is 5.75 Å². The number of hydrogen-bond donors (Lipinski definition) is 3. The predicted molar refractivity (Wildman–Crippen MR) is 68.4 cm³/mol. The maximum absolute atomic E-state index is 11.8. The van der Waals surface area contributed by atoms with E-state index in [9.17, 15) is 9.90 Å². The molecule has 3 N–H and O–H groups in total. The van der Waals surface area contributed by atoms with Crippen molar-refractivity contribution in [3.8, 4) is 5.75 Å². The third-order valence-electron chi connectivity index (χ3n) is 3.24. The number of carbonyl (C=O) groups is 1. The molecule has 0 aromatic carbocycles. The Bertz CT molecular complexity index is 403. The molecule has 1 fully saturated rings. The molecule has 1 aromatic heterocycles. The highest BCUT2D eigenvalue weighted by Crippen LogP contribution is 2.14. The molecule has 1 atom stereocenters. The lowest BCUT2D eigenvalue weighted by atomic mass is 9.96. The van der Waals surface area contributed by atoms with Gasteiger partial charge in [0.15, 0.2) is 5.69 Å². The quantitative estimate of drug-likeness (QED) is 0.741. The molecule has 5 nitrogen and oxygen atoms in total. The number of nitrogens with zero attached hydrogens (tertiary/aromatic N) is 1. The first-order chi connectivity index (χ1) is 8.77. The van der Waals surface area contributed by atoms with Gasteiger partial charge in [0.1, 0.15) is 5.75 Å². The number of nitrogens with one attached hydrogen (secondary N) is 2. The molecular formula is C13H19N3O2. The number of aromatic nitrogens is 1. The Morgan fingerprint density at radius 1 is 1.61 bits per heavy atom. The molecule has 2 heterocycles. The molecule has 0 spiro atoms. The normalized spacial score (nSPS) is 19.4. The third kappa shape index (κ3) is 3.43. The van der Waals surface area contributed by atoms with Crippen molar-refractivity contribution in [2.24, 2.45) is 5.92 Å². The number of aromatic hydroxyl groups is 1. The van der Waals surface area contributed by atoms with E-state index < -0.39 is 0 Å². The number of rotatable bonds is 4. The summed E-state index contributed by atoms with van der Waals surface area (Å²) in [5.74, 6) is 0.252. The highest BCUT2D eigenvalue weighted by Gasteiger charge is 2.15. The number of piperidine rings is 1. The standard InChI is InChI=1S/C13H19N3O2/c17-11-4-2-7-15-12(11)13(18)16-8-5-10-3-1-6-14-9-10/h2,4,7,10,14,17H,1,3,5-6,8-9H2,(H,16,18). The second-order valence-corrected chi connectivity index (χ2v) is 4.63. The van der Waals surface area contributed by atoms with Crippen LogP contribution in [0, 0.1) is 5.92 Å². The highest BCUT2D eigenvalue weighted by molar-refractivity contribution is 5.94. The van der Waals surface area contributed by atoms with Crippen LogP contribution in [0.4, 0.5) is 0 Å². The summed E-state index contributed by atoms with van der Waals surface area (Å²) in [5.41, 5.74) is 0.0965. The number of pyridine rings is 1. The van der Waals surface area contributed by atoms with Gasteiger partial charge in [-0.25, -0.2) is 4.98 Å². The van der Waals surface area contributed by atoms with Crippen LogP contribution in [0.1, 0.15) is 29.8 Å². The maximum Gasteiger partial charge on any atom is 0.273 e. The molecule has 0 saturated carbocycles. The lowest BCUT2D eigenvalue weighted by Gasteiger charge is -2.22. The van der Waals surface area contributed by atoms with Crippen LogP contribution >= 0.6 is 0 Å². The molecule has 1 unspecified atom stereocenters. The van der Waals surface area contributed by atoms with E-state index in [1.54, 1.807) is 6.07 Å². The first-order valence-electron chi connectivity index (χ1n) is 6.40. The lowest BCUT2D eigenvalue weighted by Crippen LogP contribution is -2.33. The Morgan fingerprint density at radius 3 is 3.22 bits per heavy atom. The van der Waals surface area contributed by atoms with Crippen LogP contribution in [-0.4, -0.2) is 35.6 Å². The van der Waals surface area contributed by atoms with Crippen LogP contribution in [-0.2, 0) is 0 Å². The number of amides is 1. The van der Waals surface area contributed by atoms with E-state index >= 15 is 0 Å². The summed E-state index contributed by atoms with van der Waals surface area (Å²) in [6.07, 6.45) is 4.89. The summed E-state index contributed by atoms with van der Waals surface area (Å²) in [5, 5.41) is 15.6. The van der Waals surface area contributed by atoms with E-state index in [2.05, 4.69) is 15.6 Å². The topological polar surface area (TPSA) is 74.2 Å². The lowest BCUT2D eigenvalue weighted by molar-refractivity contribution is 0.0942. The van der Waals surface area contributed by atoms with Crippen LogP contribution in [0.25, 0.3) is 0 Å². The van der Waals surface area contributed by atoms with Gasteiger partial charge >= 0.3 is 0 Å². The predicted octanol–water partition coefficient (Wildman–Crippen LogP) is 0.907. The van der Waals surface area contributed by atoms with Crippen molar-refractivity contribution in [1.29, 1.82) is 0 Å². The van der Waals surface area contributed by atoms with Crippen LogP contribution in [0.15, 0.2) is 18.3 Å². The summed E-state index contributed by atoms with van der Waals surface area (Å²) in [7, 11) is 0. The molecule has 18 heavy (non-hydrogen) atoms. The number of hydrogen-bond acceptors (Lipinski definition) is 4. The minimum absolute atomic E-state index is 0.0747. The second-order valence-electron chi connectivity index (χ2n) is 4.63. The van der Waals surface area contributed by atoms with Crippen molar-refractivity contribution in [2.75, 3.05) is 19.6 Å². The van der Waals surface area contributed by atoms with Crippen LogP contribution < -0.4 is 10.6 Å². The van der Waals surface area contributed by atoms with Crippen molar-refractivity contribution in [3.63, 3.8) is 0 Å². The highest BCUT2D eigenvalue weighted by atomic mass is 16.3. The zero-order chi connectivity index (χ0) is 12.8. The van der Waals surface area contributed by atoms with Gasteiger partial charge in [0.2, 0.25) is 0 Å². The van der Waals surface area contributed by atoms with Crippen LogP contribution in [0.2, 0.25) is 0 Å². The fourth-order valence-corrected chi connectivity index (χ4v) is 2.22. The van der Waals surface area contributed by atoms with Gasteiger partial charge in [-0.2, -0.15) is 0 Å². The molecule has 2 rings (SSSR count). The Kier molecular flexibility index (Phi) is 4.52. The van der Waals surface area contributed by atoms with Crippen molar-refractivity contribution >= 4 is 5.91 Å². The van der Waals surface area contributed by atoms with Gasteiger partial charge in [0, 0.05) is 12.7 Å². The molecule has 1 aliphatic rings. The number of carbonyl (C=O) groups excluding carboxylic acids is 1. The molecule has 1 aliphatic heterocycles. The van der Waals surface area contributed by atoms with E-state index in [1.807, 2.05) is 0 Å². The smallest absolute Gasteiger partial charge is 0.273 e. The molecule has 5 heteroatoms. The van der Waals surface area contributed by atoms with E-state index in [1.165, 1.54) is 25.1 Å². The SMILES string of the molecule is O=C(NCCC1CCCNC1)c1ncccc1O. The Morgan fingerprint density at radius 2 is 2.50 bits per heavy atom. The zero-order valence-corrected chi connectivity index (χ0v) is 10.4. The van der Waals surface area contributed by atoms with E-state index in [0.717, 1.165) is 19.5 Å². The molecule has 0 bridgehead atoms. The second kappa shape index (κ2) is 6.35. The van der Waals surface area contributed by atoms with E-state index in [4.69, 9.17) is 0 Å². The van der Waals surface area contributed by atoms with Crippen LogP contribution in [0.3, 0.4) is 0 Å². The molecule has 98 valence electrons. The summed E-state index contributed by atoms with van der Waals surface area (Å²) < 4.78 is 0. The summed E-state index contributed by atoms with van der Waals surface area (Å²) in [6.45, 7) is 2.76. The van der Waals surface area contributed by atoms with Gasteiger partial charge < -0.3 is 15.7 Å². The summed E-state index contributed by atoms with van der Waals surface area (Å²) in [6, 6.07) is 3.06. The molecule has 1 amide bonds. The van der Waals surface area contributed by atoms with E-state index in [0.29, 0.717) is 12.5 Å². The fourth-order valence-electron chi connectivity index (χ4n) is 2.22. The van der Waals surface area contributed by atoms with Gasteiger partial charge in [0.25, 0.3) is 5.91 Å². The van der Waals surface area contributed by atoms with Gasteiger partial charge in [-0.3, -0.25) is 4.79 Å². The van der Waals surface area contributed by atoms with E-state index in [-0.39, 0.29) is 17.4 Å². The summed E-state index contributed by atoms with van der Waals surface area (Å²) >= 11 is 0. The van der Waals surface area contributed by atoms with Crippen molar-refractivity contribution < 1.29 is 9.90 Å². The van der Waals surface area contributed by atoms with Gasteiger partial charge in [-0.15, -0.1) is 0 Å². The maximum atomic E-state index is 11.8. The molecule has 1 aromatic rings. The Hall–Kier alpha value is -1.62. The van der Waals surface area contributed by atoms with Crippen molar-refractivity contribution in [1.82, 2.24) is 15.6 Å². The van der Waals surface area contributed by atoms with Gasteiger partial charge in [-0.1, -0.05) is 0 Å². The molecular weight excluding hydrogens is 230 g/mol. The average Bonchev–Trinajstić information content (AvgIpc) is 2.40. The zero-order valence-electron chi connectivity index (χ0n) is 10.4. The summed E-state index contributed by atoms with van der Waals surface area (Å²) in [4.78, 5) is 15.6. The van der Waals surface area contributed by atoms with Crippen molar-refractivity contribution in [3.05, 3.63) is 24.0 Å². The molecule has 1 saturated heterocycles. The largest absolute Gasteiger partial charge is 0.505 e. The Balaban J connectivity index is 1.76. The minimum Gasteiger partial charge on any atom is -0.505 e. The Labute approximate surface area is 107 Å². The third-order valence-corrected chi connectivity index (χ3v) is 3.24. The molecule has 0 radical (unpaired) electrons. The molecule has 0 aliphatic carbocycles. The van der Waals surface area contributed by atoms with Gasteiger partial charge in [-0.05, 0) is 50.4 Å². The first kappa shape index (κ1) is 12.8. The monoisotopic (exact) mass is 249 g/mol. The average molecular weight is 249 g/mol.